The monoisotopic (exact) mass is 355 g/mol. The zero-order valence-electron chi connectivity index (χ0n) is 12.6. The summed E-state index contributed by atoms with van der Waals surface area (Å²) >= 11 is 0. The van der Waals surface area contributed by atoms with Crippen LogP contribution in [0.5, 0.6) is 0 Å². The number of nitrogens with one attached hydrogen (secondary N) is 1. The van der Waals surface area contributed by atoms with E-state index >= 15 is 0 Å². The molecule has 2 aliphatic rings. The zero-order chi connectivity index (χ0) is 17.8. The van der Waals surface area contributed by atoms with E-state index in [1.165, 1.54) is 38.5 Å². The minimum atomic E-state index is -5.05. The summed E-state index contributed by atoms with van der Waals surface area (Å²) in [5.74, 6) is -0.626. The van der Waals surface area contributed by atoms with E-state index in [2.05, 4.69) is 20.3 Å². The van der Waals surface area contributed by atoms with Crippen molar-refractivity contribution in [2.45, 2.75) is 18.4 Å². The molecule has 128 valence electrons. The Hall–Kier alpha value is -2.17. The molecule has 1 aliphatic carbocycles. The highest BCUT2D eigenvalue weighted by molar-refractivity contribution is 7.46. The Morgan fingerprint density at radius 3 is 2.67 bits per heavy atom. The van der Waals surface area contributed by atoms with Crippen LogP contribution in [0.15, 0.2) is 23.5 Å². The first-order valence-corrected chi connectivity index (χ1v) is 8.23. The summed E-state index contributed by atoms with van der Waals surface area (Å²) in [5, 5.41) is 13.5. The molecular formula is C12H14N5O6P. The number of hydrogen-bond donors (Lipinski definition) is 4. The maximum absolute atomic E-state index is 11.5. The van der Waals surface area contributed by atoms with Crippen molar-refractivity contribution in [3.8, 4) is 0 Å². The third-order valence-electron chi connectivity index (χ3n) is 3.65. The third kappa shape index (κ3) is 2.34. The van der Waals surface area contributed by atoms with Gasteiger partial charge in [0.25, 0.3) is 5.72 Å². The van der Waals surface area contributed by atoms with Gasteiger partial charge in [-0.05, 0) is 12.2 Å². The average molecular weight is 355 g/mol. The van der Waals surface area contributed by atoms with Gasteiger partial charge in [-0.15, -0.1) is 0 Å². The predicted octanol–water partition coefficient (Wildman–Crippen LogP) is -1.11. The maximum atomic E-state index is 11.5. The number of aromatic nitrogens is 2. The Kier molecular flexibility index (Phi) is 3.59. The summed E-state index contributed by atoms with van der Waals surface area (Å²) < 4.78 is 16.4. The Morgan fingerprint density at radius 2 is 2.04 bits per heavy atom. The lowest BCUT2D eigenvalue weighted by atomic mass is 9.89. The molecule has 0 saturated carbocycles. The smallest absolute Gasteiger partial charge is 0.360 e. The van der Waals surface area contributed by atoms with E-state index in [0.717, 1.165) is 4.90 Å². The second-order valence-corrected chi connectivity index (χ2v) is 6.41. The van der Waals surface area contributed by atoms with Crippen LogP contribution in [0.3, 0.4) is 0 Å². The van der Waals surface area contributed by atoms with Crippen molar-refractivity contribution in [1.82, 2.24) is 20.2 Å². The lowest BCUT2D eigenvalue weighted by Gasteiger charge is -2.43. The molecule has 1 amide bonds. The third-order valence-corrected chi connectivity index (χ3v) is 4.17. The second-order valence-electron chi connectivity index (χ2n) is 5.25. The van der Waals surface area contributed by atoms with E-state index in [-0.39, 0.29) is 17.3 Å². The maximum Gasteiger partial charge on any atom is 0.472 e. The number of carbonyl (C=O) groups is 1. The van der Waals surface area contributed by atoms with E-state index in [1.54, 1.807) is 0 Å². The molecule has 1 aromatic rings. The van der Waals surface area contributed by atoms with Crippen LogP contribution in [0.25, 0.3) is 6.08 Å². The van der Waals surface area contributed by atoms with Crippen molar-refractivity contribution in [2.75, 3.05) is 7.05 Å². The molecule has 2 heterocycles. The standard InChI is InChI=1S/C12H14N5O6P/c1-7(18)15-10-16-12(19)9-8(13-5-6-14-9)3-4-11(12,17(10)2)23-24(20,21)22/h3-6,19H,1-2H3,(H,15,16,18)(H2,20,21,22). The number of likely N-dealkylation sites (N-methyl/N-ethyl adjacent to an activating group) is 1. The fraction of sp³-hybridized carbons (Fsp3) is 0.333. The van der Waals surface area contributed by atoms with Crippen molar-refractivity contribution in [3.63, 3.8) is 0 Å². The average Bonchev–Trinajstić information content (AvgIpc) is 2.67. The normalized spacial score (nSPS) is 28.2. The summed E-state index contributed by atoms with van der Waals surface area (Å²) in [7, 11) is -3.70. The molecule has 0 bridgehead atoms. The van der Waals surface area contributed by atoms with Crippen LogP contribution in [0.2, 0.25) is 0 Å². The summed E-state index contributed by atoms with van der Waals surface area (Å²) in [5.41, 5.74) is -4.23. The quantitative estimate of drug-likeness (QED) is 0.483. The van der Waals surface area contributed by atoms with Gasteiger partial charge >= 0.3 is 7.82 Å². The van der Waals surface area contributed by atoms with E-state index in [1.807, 2.05) is 0 Å². The molecule has 0 aromatic carbocycles. The molecule has 3 rings (SSSR count). The molecule has 2 atom stereocenters. The highest BCUT2D eigenvalue weighted by Crippen LogP contribution is 2.55. The van der Waals surface area contributed by atoms with Gasteiger partial charge in [-0.3, -0.25) is 24.6 Å². The number of aliphatic hydroxyl groups is 1. The van der Waals surface area contributed by atoms with Gasteiger partial charge in [0.1, 0.15) is 5.69 Å². The van der Waals surface area contributed by atoms with Gasteiger partial charge in [-0.1, -0.05) is 0 Å². The number of amides is 1. The molecule has 1 aliphatic heterocycles. The fourth-order valence-electron chi connectivity index (χ4n) is 2.69. The van der Waals surface area contributed by atoms with Crippen LogP contribution >= 0.6 is 7.82 Å². The molecular weight excluding hydrogens is 341 g/mol. The first-order chi connectivity index (χ1) is 11.1. The number of hydrogen-bond acceptors (Lipinski definition) is 8. The van der Waals surface area contributed by atoms with Crippen LogP contribution in [-0.4, -0.2) is 54.4 Å². The highest BCUT2D eigenvalue weighted by atomic mass is 31.2. The molecule has 4 N–H and O–H groups in total. The molecule has 24 heavy (non-hydrogen) atoms. The van der Waals surface area contributed by atoms with Crippen molar-refractivity contribution in [1.29, 1.82) is 0 Å². The van der Waals surface area contributed by atoms with Crippen molar-refractivity contribution < 1.29 is 28.8 Å². The molecule has 1 aromatic heterocycles. The minimum absolute atomic E-state index is 0.0619. The largest absolute Gasteiger partial charge is 0.472 e. The molecule has 2 unspecified atom stereocenters. The van der Waals surface area contributed by atoms with Crippen LogP contribution in [0.4, 0.5) is 0 Å². The topological polar surface area (TPSA) is 157 Å². The van der Waals surface area contributed by atoms with Gasteiger partial charge in [0, 0.05) is 26.4 Å². The zero-order valence-corrected chi connectivity index (χ0v) is 13.5. The van der Waals surface area contributed by atoms with E-state index in [0.29, 0.717) is 0 Å². The van der Waals surface area contributed by atoms with Crippen LogP contribution < -0.4 is 5.32 Å². The van der Waals surface area contributed by atoms with Crippen LogP contribution in [-0.2, 0) is 19.6 Å². The van der Waals surface area contributed by atoms with Gasteiger partial charge in [0.2, 0.25) is 17.6 Å². The molecule has 0 saturated heterocycles. The lowest BCUT2D eigenvalue weighted by Crippen LogP contribution is -2.59. The van der Waals surface area contributed by atoms with Gasteiger partial charge in [0.05, 0.1) is 5.69 Å². The Labute approximate surface area is 136 Å². The number of phosphoric ester groups is 1. The molecule has 12 heteroatoms. The van der Waals surface area contributed by atoms with E-state index in [9.17, 15) is 24.3 Å². The number of nitrogens with zero attached hydrogens (tertiary/aromatic N) is 4. The van der Waals surface area contributed by atoms with Gasteiger partial charge < -0.3 is 19.8 Å². The van der Waals surface area contributed by atoms with Crippen LogP contribution in [0.1, 0.15) is 18.3 Å². The minimum Gasteiger partial charge on any atom is -0.360 e. The Morgan fingerprint density at radius 1 is 1.38 bits per heavy atom. The SMILES string of the molecule is CC(=O)NC1=NC2(O)c3nccnc3C=CC2(OP(=O)(O)O)N1C. The number of carbonyl (C=O) groups excluding carboxylic acids is 1. The predicted molar refractivity (Wildman–Crippen MR) is 79.8 cm³/mol. The number of fused-ring (bicyclic) bond motifs is 3. The van der Waals surface area contributed by atoms with Gasteiger partial charge in [-0.25, -0.2) is 9.56 Å². The van der Waals surface area contributed by atoms with E-state index in [4.69, 9.17) is 4.52 Å². The molecule has 0 fully saturated rings. The Balaban J connectivity index is 2.23. The molecule has 0 radical (unpaired) electrons. The molecule has 0 spiro atoms. The number of rotatable bonds is 2. The van der Waals surface area contributed by atoms with E-state index < -0.39 is 25.2 Å². The molecule has 11 nitrogen and oxygen atoms in total. The number of aliphatic imine (C=N–C) groups is 1. The number of guanidine groups is 1. The van der Waals surface area contributed by atoms with Gasteiger partial charge in [0.15, 0.2) is 0 Å². The summed E-state index contributed by atoms with van der Waals surface area (Å²) in [4.78, 5) is 43.1. The van der Waals surface area contributed by atoms with Gasteiger partial charge in [-0.2, -0.15) is 0 Å². The fourth-order valence-corrected chi connectivity index (χ4v) is 3.36. The van der Waals surface area contributed by atoms with Crippen molar-refractivity contribution in [3.05, 3.63) is 29.9 Å². The Bertz CT molecular complexity index is 822. The second kappa shape index (κ2) is 5.16. The summed E-state index contributed by atoms with van der Waals surface area (Å²) in [6.45, 7) is 1.22. The summed E-state index contributed by atoms with van der Waals surface area (Å²) in [6.07, 6.45) is 5.29. The number of phosphoric acid groups is 1. The van der Waals surface area contributed by atoms with Crippen molar-refractivity contribution >= 4 is 25.8 Å². The highest BCUT2D eigenvalue weighted by Gasteiger charge is 2.66. The summed E-state index contributed by atoms with van der Waals surface area (Å²) in [6, 6.07) is 0. The van der Waals surface area contributed by atoms with Crippen molar-refractivity contribution in [2.24, 2.45) is 4.99 Å². The first-order valence-electron chi connectivity index (χ1n) is 6.70. The lowest BCUT2D eigenvalue weighted by molar-refractivity contribution is -0.158. The van der Waals surface area contributed by atoms with Crippen LogP contribution in [0, 0.1) is 0 Å². The first kappa shape index (κ1) is 16.7.